The summed E-state index contributed by atoms with van der Waals surface area (Å²) in [5, 5.41) is 8.71. The summed E-state index contributed by atoms with van der Waals surface area (Å²) in [6, 6.07) is 0. The molecule has 0 unspecified atom stereocenters. The third-order valence-electron chi connectivity index (χ3n) is 2.99. The topological polar surface area (TPSA) is 103 Å². The minimum atomic E-state index is -1.05. The lowest BCUT2D eigenvalue weighted by Crippen LogP contribution is -2.35. The Balaban J connectivity index is 2.74. The summed E-state index contributed by atoms with van der Waals surface area (Å²) >= 11 is 0. The molecule has 0 atom stereocenters. The summed E-state index contributed by atoms with van der Waals surface area (Å²) in [6.45, 7) is 5.13. The van der Waals surface area contributed by atoms with Crippen LogP contribution in [0.5, 0.6) is 0 Å². The first-order chi connectivity index (χ1) is 9.35. The van der Waals surface area contributed by atoms with Crippen LogP contribution in [-0.4, -0.2) is 44.9 Å². The van der Waals surface area contributed by atoms with Crippen LogP contribution in [0.4, 0.5) is 0 Å². The quantitative estimate of drug-likeness (QED) is 0.778. The zero-order chi connectivity index (χ0) is 15.3. The third-order valence-corrected chi connectivity index (χ3v) is 2.99. The van der Waals surface area contributed by atoms with Crippen molar-refractivity contribution in [2.45, 2.75) is 33.6 Å². The van der Waals surface area contributed by atoms with Crippen LogP contribution in [0.2, 0.25) is 0 Å². The maximum atomic E-state index is 11.9. The van der Waals surface area contributed by atoms with Crippen LogP contribution in [0.25, 0.3) is 0 Å². The normalized spacial score (nSPS) is 10.3. The van der Waals surface area contributed by atoms with Gasteiger partial charge in [-0.2, -0.15) is 0 Å². The SMILES string of the molecule is CCN(CC(=O)O)C(=O)CCc1c(C)nc(C)[nH]c1=O. The summed E-state index contributed by atoms with van der Waals surface area (Å²) in [5.74, 6) is -0.802. The molecule has 0 spiro atoms. The van der Waals surface area contributed by atoms with E-state index in [-0.39, 0.29) is 30.9 Å². The van der Waals surface area contributed by atoms with E-state index < -0.39 is 5.97 Å². The fraction of sp³-hybridized carbons (Fsp3) is 0.538. The van der Waals surface area contributed by atoms with E-state index in [0.717, 1.165) is 0 Å². The molecule has 0 bridgehead atoms. The van der Waals surface area contributed by atoms with Gasteiger partial charge in [0.25, 0.3) is 5.56 Å². The second-order valence-corrected chi connectivity index (χ2v) is 4.52. The smallest absolute Gasteiger partial charge is 0.323 e. The third kappa shape index (κ3) is 4.18. The molecular weight excluding hydrogens is 262 g/mol. The monoisotopic (exact) mass is 281 g/mol. The Morgan fingerprint density at radius 1 is 1.35 bits per heavy atom. The van der Waals surface area contributed by atoms with Gasteiger partial charge in [0.2, 0.25) is 5.91 Å². The Morgan fingerprint density at radius 3 is 2.50 bits per heavy atom. The Labute approximate surface area is 116 Å². The number of hydrogen-bond donors (Lipinski definition) is 2. The van der Waals surface area contributed by atoms with Gasteiger partial charge in [0.15, 0.2) is 0 Å². The molecule has 0 aliphatic heterocycles. The first kappa shape index (κ1) is 15.9. The van der Waals surface area contributed by atoms with Crippen molar-refractivity contribution in [1.82, 2.24) is 14.9 Å². The van der Waals surface area contributed by atoms with Gasteiger partial charge in [-0.1, -0.05) is 0 Å². The summed E-state index contributed by atoms with van der Waals surface area (Å²) < 4.78 is 0. The fourth-order valence-corrected chi connectivity index (χ4v) is 1.98. The highest BCUT2D eigenvalue weighted by Gasteiger charge is 2.16. The summed E-state index contributed by atoms with van der Waals surface area (Å²) in [7, 11) is 0. The number of aromatic nitrogens is 2. The van der Waals surface area contributed by atoms with E-state index in [4.69, 9.17) is 5.11 Å². The van der Waals surface area contributed by atoms with Crippen molar-refractivity contribution < 1.29 is 14.7 Å². The van der Waals surface area contributed by atoms with Gasteiger partial charge in [0.1, 0.15) is 12.4 Å². The molecule has 0 aliphatic carbocycles. The molecule has 0 aromatic carbocycles. The van der Waals surface area contributed by atoms with Crippen molar-refractivity contribution in [2.24, 2.45) is 0 Å². The number of rotatable bonds is 6. The Hall–Kier alpha value is -2.18. The standard InChI is InChI=1S/C13H19N3O4/c1-4-16(7-12(18)19)11(17)6-5-10-8(2)14-9(3)15-13(10)20/h4-7H2,1-3H3,(H,18,19)(H,14,15,20). The lowest BCUT2D eigenvalue weighted by Gasteiger charge is -2.18. The van der Waals surface area contributed by atoms with Gasteiger partial charge in [-0.25, -0.2) is 4.98 Å². The largest absolute Gasteiger partial charge is 0.480 e. The number of aryl methyl sites for hydroxylation is 2. The van der Waals surface area contributed by atoms with Crippen molar-refractivity contribution in [1.29, 1.82) is 0 Å². The maximum absolute atomic E-state index is 11.9. The molecular formula is C13H19N3O4. The number of carbonyl (C=O) groups excluding carboxylic acids is 1. The average Bonchev–Trinajstić information content (AvgIpc) is 2.33. The second kappa shape index (κ2) is 6.83. The van der Waals surface area contributed by atoms with Crippen LogP contribution in [-0.2, 0) is 16.0 Å². The average molecular weight is 281 g/mol. The zero-order valence-corrected chi connectivity index (χ0v) is 11.9. The number of hydrogen-bond acceptors (Lipinski definition) is 4. The number of carboxylic acid groups (broad SMARTS) is 1. The summed E-state index contributed by atoms with van der Waals surface area (Å²) in [5.41, 5.74) is 0.819. The van der Waals surface area contributed by atoms with Gasteiger partial charge >= 0.3 is 5.97 Å². The minimum absolute atomic E-state index is 0.0930. The van der Waals surface area contributed by atoms with E-state index in [0.29, 0.717) is 23.6 Å². The molecule has 1 amide bonds. The van der Waals surface area contributed by atoms with Crippen LogP contribution in [0, 0.1) is 13.8 Å². The molecule has 7 heteroatoms. The number of carbonyl (C=O) groups is 2. The van der Waals surface area contributed by atoms with Crippen molar-refractivity contribution in [3.63, 3.8) is 0 Å². The van der Waals surface area contributed by atoms with Gasteiger partial charge in [-0.15, -0.1) is 0 Å². The van der Waals surface area contributed by atoms with Crippen molar-refractivity contribution in [2.75, 3.05) is 13.1 Å². The summed E-state index contributed by atoms with van der Waals surface area (Å²) in [6.07, 6.45) is 0.346. The molecule has 0 radical (unpaired) electrons. The number of nitrogens with one attached hydrogen (secondary N) is 1. The molecule has 20 heavy (non-hydrogen) atoms. The van der Waals surface area contributed by atoms with Crippen LogP contribution in [0.3, 0.4) is 0 Å². The van der Waals surface area contributed by atoms with Crippen LogP contribution in [0.15, 0.2) is 4.79 Å². The molecule has 1 aromatic heterocycles. The molecule has 7 nitrogen and oxygen atoms in total. The molecule has 2 N–H and O–H groups in total. The molecule has 0 aliphatic rings. The number of likely N-dealkylation sites (N-methyl/N-ethyl adjacent to an activating group) is 1. The van der Waals surface area contributed by atoms with E-state index in [9.17, 15) is 14.4 Å². The Morgan fingerprint density at radius 2 is 2.00 bits per heavy atom. The molecule has 0 saturated heterocycles. The Bertz CT molecular complexity index is 565. The van der Waals surface area contributed by atoms with Gasteiger partial charge < -0.3 is 15.0 Å². The van der Waals surface area contributed by atoms with E-state index in [2.05, 4.69) is 9.97 Å². The van der Waals surface area contributed by atoms with E-state index in [1.54, 1.807) is 20.8 Å². The molecule has 1 heterocycles. The number of amides is 1. The number of nitrogens with zero attached hydrogens (tertiary/aromatic N) is 2. The zero-order valence-electron chi connectivity index (χ0n) is 11.9. The van der Waals surface area contributed by atoms with E-state index in [1.165, 1.54) is 4.90 Å². The number of carboxylic acids is 1. The van der Waals surface area contributed by atoms with Crippen molar-refractivity contribution in [3.05, 3.63) is 27.4 Å². The lowest BCUT2D eigenvalue weighted by molar-refractivity contribution is -0.144. The highest BCUT2D eigenvalue weighted by atomic mass is 16.4. The fourth-order valence-electron chi connectivity index (χ4n) is 1.98. The molecule has 1 aromatic rings. The number of H-pyrrole nitrogens is 1. The van der Waals surface area contributed by atoms with Crippen LogP contribution in [0.1, 0.15) is 30.4 Å². The van der Waals surface area contributed by atoms with E-state index in [1.807, 2.05) is 0 Å². The molecule has 1 rings (SSSR count). The number of aromatic amines is 1. The lowest BCUT2D eigenvalue weighted by atomic mass is 10.1. The molecule has 110 valence electrons. The van der Waals surface area contributed by atoms with E-state index >= 15 is 0 Å². The number of aliphatic carboxylic acids is 1. The van der Waals surface area contributed by atoms with Crippen molar-refractivity contribution in [3.8, 4) is 0 Å². The van der Waals surface area contributed by atoms with Crippen LogP contribution >= 0.6 is 0 Å². The van der Waals surface area contributed by atoms with Gasteiger partial charge in [0.05, 0.1) is 0 Å². The highest BCUT2D eigenvalue weighted by Crippen LogP contribution is 2.05. The predicted molar refractivity (Wildman–Crippen MR) is 72.5 cm³/mol. The van der Waals surface area contributed by atoms with Gasteiger partial charge in [-0.05, 0) is 27.2 Å². The van der Waals surface area contributed by atoms with Crippen LogP contribution < -0.4 is 5.56 Å². The van der Waals surface area contributed by atoms with Crippen molar-refractivity contribution >= 4 is 11.9 Å². The Kier molecular flexibility index (Phi) is 5.42. The highest BCUT2D eigenvalue weighted by molar-refractivity contribution is 5.81. The first-order valence-corrected chi connectivity index (χ1v) is 6.41. The van der Waals surface area contributed by atoms with Gasteiger partial charge in [0, 0.05) is 24.2 Å². The first-order valence-electron chi connectivity index (χ1n) is 6.41. The summed E-state index contributed by atoms with van der Waals surface area (Å²) in [4.78, 5) is 42.3. The minimum Gasteiger partial charge on any atom is -0.480 e. The second-order valence-electron chi connectivity index (χ2n) is 4.52. The predicted octanol–water partition coefficient (Wildman–Crippen LogP) is 0.252. The van der Waals surface area contributed by atoms with Gasteiger partial charge in [-0.3, -0.25) is 14.4 Å². The maximum Gasteiger partial charge on any atom is 0.323 e. The molecule has 0 fully saturated rings. The molecule has 0 saturated carbocycles.